The van der Waals surface area contributed by atoms with Gasteiger partial charge in [-0.05, 0) is 39.0 Å². The first-order valence-electron chi connectivity index (χ1n) is 8.18. The van der Waals surface area contributed by atoms with Crippen molar-refractivity contribution < 1.29 is 19.1 Å². The van der Waals surface area contributed by atoms with Crippen LogP contribution in [0.2, 0.25) is 0 Å². The van der Waals surface area contributed by atoms with Gasteiger partial charge in [-0.2, -0.15) is 0 Å². The quantitative estimate of drug-likeness (QED) is 0.711. The smallest absolute Gasteiger partial charge is 0.411 e. The molecule has 7 heteroatoms. The molecule has 0 aromatic heterocycles. The molecule has 0 saturated carbocycles. The van der Waals surface area contributed by atoms with E-state index in [0.717, 1.165) is 10.2 Å². The Bertz CT molecular complexity index is 644. The van der Waals surface area contributed by atoms with Crippen LogP contribution in [0.3, 0.4) is 0 Å². The van der Waals surface area contributed by atoms with E-state index in [-0.39, 0.29) is 6.04 Å². The van der Waals surface area contributed by atoms with E-state index >= 15 is 0 Å². The number of esters is 1. The molecule has 1 fully saturated rings. The second-order valence-corrected chi connectivity index (χ2v) is 8.07. The lowest BCUT2D eigenvalue weighted by molar-refractivity contribution is -0.145. The van der Waals surface area contributed by atoms with Crippen LogP contribution < -0.4 is 4.90 Å². The fourth-order valence-electron chi connectivity index (χ4n) is 2.88. The van der Waals surface area contributed by atoms with Gasteiger partial charge in [0.25, 0.3) is 0 Å². The third-order valence-electron chi connectivity index (χ3n) is 4.14. The Morgan fingerprint density at radius 1 is 1.32 bits per heavy atom. The highest BCUT2D eigenvalue weighted by atomic mass is 79.9. The number of anilines is 1. The summed E-state index contributed by atoms with van der Waals surface area (Å²) in [5.41, 5.74) is 0.389. The normalized spacial score (nSPS) is 20.3. The van der Waals surface area contributed by atoms with E-state index < -0.39 is 23.7 Å². The highest BCUT2D eigenvalue weighted by Crippen LogP contribution is 2.29. The van der Waals surface area contributed by atoms with Crippen LogP contribution in [0, 0.1) is 0 Å². The average molecular weight is 413 g/mol. The fourth-order valence-corrected chi connectivity index (χ4v) is 3.27. The molecular weight excluding hydrogens is 388 g/mol. The molecule has 0 aliphatic carbocycles. The Morgan fingerprint density at radius 2 is 2.00 bits per heavy atom. The van der Waals surface area contributed by atoms with Crippen LogP contribution in [0.1, 0.15) is 27.2 Å². The maximum absolute atomic E-state index is 12.5. The standard InChI is InChI=1S/C18H25BrN2O4/c1-18(2,3)25-17(23)21-11-14(10-15(21)16(22)24-5)20(4)13-8-6-7-12(19)9-13/h6-9,14-15H,10-11H2,1-5H3. The monoisotopic (exact) mass is 412 g/mol. The summed E-state index contributed by atoms with van der Waals surface area (Å²) in [6, 6.07) is 7.26. The minimum Gasteiger partial charge on any atom is -0.467 e. The van der Waals surface area contributed by atoms with Crippen LogP contribution in [-0.2, 0) is 14.3 Å². The summed E-state index contributed by atoms with van der Waals surface area (Å²) in [6.07, 6.45) is 0.00242. The van der Waals surface area contributed by atoms with Crippen molar-refractivity contribution in [1.29, 1.82) is 0 Å². The number of hydrogen-bond acceptors (Lipinski definition) is 5. The van der Waals surface area contributed by atoms with Gasteiger partial charge in [-0.25, -0.2) is 9.59 Å². The number of ether oxygens (including phenoxy) is 2. The molecule has 2 atom stereocenters. The molecule has 1 aliphatic heterocycles. The lowest BCUT2D eigenvalue weighted by Gasteiger charge is -2.28. The zero-order chi connectivity index (χ0) is 18.8. The summed E-state index contributed by atoms with van der Waals surface area (Å²) in [7, 11) is 3.29. The van der Waals surface area contributed by atoms with Crippen molar-refractivity contribution >= 4 is 33.7 Å². The Morgan fingerprint density at radius 3 is 2.56 bits per heavy atom. The van der Waals surface area contributed by atoms with Crippen molar-refractivity contribution in [2.45, 2.75) is 44.9 Å². The molecule has 1 heterocycles. The number of methoxy groups -OCH3 is 1. The summed E-state index contributed by atoms with van der Waals surface area (Å²) < 4.78 is 11.3. The zero-order valence-corrected chi connectivity index (χ0v) is 16.9. The molecule has 1 amide bonds. The highest BCUT2D eigenvalue weighted by molar-refractivity contribution is 9.10. The number of carbonyl (C=O) groups excluding carboxylic acids is 2. The second-order valence-electron chi connectivity index (χ2n) is 7.15. The molecular formula is C18H25BrN2O4. The maximum atomic E-state index is 12.5. The first-order valence-corrected chi connectivity index (χ1v) is 8.97. The largest absolute Gasteiger partial charge is 0.467 e. The molecule has 1 saturated heterocycles. The van der Waals surface area contributed by atoms with Gasteiger partial charge in [0, 0.05) is 36.2 Å². The molecule has 0 spiro atoms. The summed E-state index contributed by atoms with van der Waals surface area (Å²) in [5.74, 6) is -0.420. The average Bonchev–Trinajstić information content (AvgIpc) is 2.97. The second kappa shape index (κ2) is 7.64. The number of halogens is 1. The van der Waals surface area contributed by atoms with Crippen molar-refractivity contribution in [3.8, 4) is 0 Å². The number of likely N-dealkylation sites (tertiary alicyclic amines) is 1. The lowest BCUT2D eigenvalue weighted by atomic mass is 10.1. The fraction of sp³-hybridized carbons (Fsp3) is 0.556. The molecule has 25 heavy (non-hydrogen) atoms. The first kappa shape index (κ1) is 19.6. The van der Waals surface area contributed by atoms with E-state index in [9.17, 15) is 9.59 Å². The van der Waals surface area contributed by atoms with Crippen LogP contribution in [-0.4, -0.2) is 55.3 Å². The van der Waals surface area contributed by atoms with Crippen molar-refractivity contribution in [1.82, 2.24) is 4.90 Å². The molecule has 0 bridgehead atoms. The van der Waals surface area contributed by atoms with Gasteiger partial charge in [0.05, 0.1) is 7.11 Å². The first-order chi connectivity index (χ1) is 11.6. The third-order valence-corrected chi connectivity index (χ3v) is 4.64. The summed E-state index contributed by atoms with van der Waals surface area (Å²) >= 11 is 3.47. The van der Waals surface area contributed by atoms with Gasteiger partial charge in [-0.3, -0.25) is 4.90 Å². The predicted octanol–water partition coefficient (Wildman–Crippen LogP) is 3.44. The van der Waals surface area contributed by atoms with Crippen LogP contribution in [0.15, 0.2) is 28.7 Å². The van der Waals surface area contributed by atoms with E-state index in [1.807, 2.05) is 31.3 Å². The number of amides is 1. The van der Waals surface area contributed by atoms with E-state index in [0.29, 0.717) is 13.0 Å². The van der Waals surface area contributed by atoms with Gasteiger partial charge < -0.3 is 14.4 Å². The van der Waals surface area contributed by atoms with Crippen molar-refractivity contribution in [3.63, 3.8) is 0 Å². The highest BCUT2D eigenvalue weighted by Gasteiger charge is 2.43. The van der Waals surface area contributed by atoms with Crippen molar-refractivity contribution in [2.24, 2.45) is 0 Å². The number of hydrogen-bond donors (Lipinski definition) is 0. The minimum atomic E-state index is -0.639. The van der Waals surface area contributed by atoms with E-state index in [2.05, 4.69) is 20.8 Å². The molecule has 1 aliphatic rings. The number of likely N-dealkylation sites (N-methyl/N-ethyl adjacent to an activating group) is 1. The van der Waals surface area contributed by atoms with Gasteiger partial charge >= 0.3 is 12.1 Å². The van der Waals surface area contributed by atoms with E-state index in [1.54, 1.807) is 20.8 Å². The van der Waals surface area contributed by atoms with Gasteiger partial charge in [0.1, 0.15) is 11.6 Å². The Kier molecular flexibility index (Phi) is 5.98. The van der Waals surface area contributed by atoms with Crippen LogP contribution >= 0.6 is 15.9 Å². The Hall–Kier alpha value is -1.76. The SMILES string of the molecule is COC(=O)C1CC(N(C)c2cccc(Br)c2)CN1C(=O)OC(C)(C)C. The summed E-state index contributed by atoms with van der Waals surface area (Å²) in [6.45, 7) is 5.81. The van der Waals surface area contributed by atoms with Gasteiger partial charge in [0.2, 0.25) is 0 Å². The predicted molar refractivity (Wildman–Crippen MR) is 99.7 cm³/mol. The molecule has 2 unspecified atom stereocenters. The third kappa shape index (κ3) is 4.87. The van der Waals surface area contributed by atoms with Crippen LogP contribution in [0.25, 0.3) is 0 Å². The van der Waals surface area contributed by atoms with Gasteiger partial charge in [-0.15, -0.1) is 0 Å². The van der Waals surface area contributed by atoms with E-state index in [4.69, 9.17) is 9.47 Å². The maximum Gasteiger partial charge on any atom is 0.411 e. The molecule has 6 nitrogen and oxygen atoms in total. The lowest BCUT2D eigenvalue weighted by Crippen LogP contribution is -2.44. The number of benzene rings is 1. The Labute approximate surface area is 157 Å². The number of carbonyl (C=O) groups is 2. The van der Waals surface area contributed by atoms with Crippen LogP contribution in [0.5, 0.6) is 0 Å². The van der Waals surface area contributed by atoms with Crippen molar-refractivity contribution in [2.75, 3.05) is 25.6 Å². The molecule has 1 aromatic rings. The van der Waals surface area contributed by atoms with Crippen molar-refractivity contribution in [3.05, 3.63) is 28.7 Å². The number of nitrogens with zero attached hydrogens (tertiary/aromatic N) is 2. The number of rotatable bonds is 3. The minimum absolute atomic E-state index is 0.00841. The van der Waals surface area contributed by atoms with Crippen LogP contribution in [0.4, 0.5) is 10.5 Å². The topological polar surface area (TPSA) is 59.1 Å². The molecule has 2 rings (SSSR count). The molecule has 0 N–H and O–H groups in total. The Balaban J connectivity index is 2.20. The molecule has 1 aromatic carbocycles. The molecule has 138 valence electrons. The van der Waals surface area contributed by atoms with E-state index in [1.165, 1.54) is 12.0 Å². The summed E-state index contributed by atoms with van der Waals surface area (Å²) in [5, 5.41) is 0. The summed E-state index contributed by atoms with van der Waals surface area (Å²) in [4.78, 5) is 28.2. The van der Waals surface area contributed by atoms with Gasteiger partial charge in [-0.1, -0.05) is 22.0 Å². The molecule has 0 radical (unpaired) electrons. The van der Waals surface area contributed by atoms with Gasteiger partial charge in [0.15, 0.2) is 0 Å². The zero-order valence-electron chi connectivity index (χ0n) is 15.3.